The highest BCUT2D eigenvalue weighted by atomic mass is 19.1. The van der Waals surface area contributed by atoms with Crippen molar-refractivity contribution in [1.82, 2.24) is 44.4 Å². The molecule has 0 saturated carbocycles. The number of likely N-dealkylation sites (tertiary alicyclic amines) is 3. The number of halogens is 1. The van der Waals surface area contributed by atoms with E-state index in [4.69, 9.17) is 29.2 Å². The Labute approximate surface area is 791 Å². The third-order valence-corrected chi connectivity index (χ3v) is 28.2. The van der Waals surface area contributed by atoms with E-state index in [1.165, 1.54) is 104 Å². The highest BCUT2D eigenvalue weighted by molar-refractivity contribution is 6.00. The quantitative estimate of drug-likeness (QED) is 0.0379. The number of aryl methyl sites for hydroxylation is 3. The fraction of sp³-hybridized carbons (Fsp3) is 0.439. The largest absolute Gasteiger partial charge is 0.477 e. The molecular weight excluding hydrogens is 1690 g/mol. The first-order chi connectivity index (χ1) is 65.8. The molecule has 9 aromatic rings. The van der Waals surface area contributed by atoms with Crippen molar-refractivity contribution in [3.8, 4) is 54.1 Å². The van der Waals surface area contributed by atoms with Gasteiger partial charge in [-0.25, -0.2) is 19.3 Å². The van der Waals surface area contributed by atoms with E-state index in [2.05, 4.69) is 225 Å². The molecule has 696 valence electrons. The number of pyridine rings is 3. The normalized spacial score (nSPS) is 19.2. The number of alkyl halides is 1. The number of hydrogen-bond acceptors (Lipinski definition) is 24. The van der Waals surface area contributed by atoms with Crippen LogP contribution >= 0.6 is 0 Å². The van der Waals surface area contributed by atoms with Gasteiger partial charge in [0, 0.05) is 161 Å². The van der Waals surface area contributed by atoms with Crippen molar-refractivity contribution >= 4 is 84.2 Å². The lowest BCUT2D eigenvalue weighted by Gasteiger charge is -2.43. The van der Waals surface area contributed by atoms with E-state index in [-0.39, 0.29) is 73.7 Å². The van der Waals surface area contributed by atoms with Gasteiger partial charge < -0.3 is 63.2 Å². The van der Waals surface area contributed by atoms with Crippen molar-refractivity contribution in [2.45, 2.75) is 155 Å². The smallest absolute Gasteiger partial charge is 0.246 e. The van der Waals surface area contributed by atoms with Crippen LogP contribution in [0.4, 0.5) is 38.5 Å². The molecule has 6 fully saturated rings. The van der Waals surface area contributed by atoms with E-state index in [0.717, 1.165) is 128 Å². The molecule has 0 spiro atoms. The predicted octanol–water partition coefficient (Wildman–Crippen LogP) is 14.4. The van der Waals surface area contributed by atoms with Crippen LogP contribution in [0.25, 0.3) is 32.3 Å². The van der Waals surface area contributed by atoms with Crippen molar-refractivity contribution in [3.63, 3.8) is 0 Å². The lowest BCUT2D eigenvalue weighted by atomic mass is 9.95. The van der Waals surface area contributed by atoms with Crippen LogP contribution in [0.3, 0.4) is 0 Å². The number of anilines is 6. The molecule has 12 heterocycles. The van der Waals surface area contributed by atoms with E-state index in [9.17, 15) is 50.3 Å². The highest BCUT2D eigenvalue weighted by Crippen LogP contribution is 2.46. The number of rotatable bonds is 25. The number of fused-ring (bicyclic) bond motifs is 6. The van der Waals surface area contributed by atoms with Gasteiger partial charge in [-0.2, -0.15) is 31.6 Å². The van der Waals surface area contributed by atoms with Gasteiger partial charge in [0.25, 0.3) is 0 Å². The Morgan fingerprint density at radius 2 is 0.785 bits per heavy atom. The second kappa shape index (κ2) is 43.4. The van der Waals surface area contributed by atoms with E-state index < -0.39 is 6.17 Å². The minimum atomic E-state index is -0.815. The summed E-state index contributed by atoms with van der Waals surface area (Å²) < 4.78 is 32.9. The van der Waals surface area contributed by atoms with Crippen LogP contribution in [-0.2, 0) is 53.3 Å². The molecule has 9 aliphatic heterocycles. The Balaban J connectivity index is 0.000000147. The van der Waals surface area contributed by atoms with Gasteiger partial charge in [0.15, 0.2) is 0 Å². The molecule has 3 amide bonds. The standard InChI is InChI=1S/2C36H41N7O2.C35H38FN7O2/c1-4-33(44)43-20-19-42(23-28(43)13-15-37)35-29-14-18-41(32-12-8-11-27-10-7-9-25(2)34(27)32)24-31(29)39-36(30(35)21-38)45-26(3)22-40-16-5-6-17-40;1-3-33(44)43-21-20-42(24-28(43)13-15-37)35-29-14-19-41(32-12-7-11-27-10-6-9-26(2)34(27)32)25-31(29)39-36(30(35)23-38)45-22-8-18-40-16-4-5-17-40;1-3-32(44)43-17-16-42(22-27(43)10-13-37)34-28-12-15-41(31-9-5-8-25-7-4-6-24(2)33(25)31)23-30(28)39-35(29(34)20-38)45-19-18-40-14-11-26(36)21-40/h4,7-12,26,28H,1,5-6,13-14,16-20,22-24H2,2-3H3;3,6-7,9-12,28H,1,4-5,8,13-14,16-22,24-25H2,2H3;3-9,26-27H,1,10-12,14-19,21-23H2,2H3/t26-,28+;28-;26?,27-/m100/s1. The van der Waals surface area contributed by atoms with Gasteiger partial charge in [0.05, 0.1) is 116 Å². The number of aromatic nitrogens is 3. The molecule has 28 heteroatoms. The summed E-state index contributed by atoms with van der Waals surface area (Å²) in [7, 11) is 0. The average molecular weight is 1820 g/mol. The van der Waals surface area contributed by atoms with E-state index in [0.29, 0.717) is 152 Å². The number of ether oxygens (including phenoxy) is 3. The molecule has 27 nitrogen and oxygen atoms in total. The third-order valence-electron chi connectivity index (χ3n) is 28.2. The number of carbonyl (C=O) groups is 3. The van der Waals surface area contributed by atoms with Crippen molar-refractivity contribution < 1.29 is 33.0 Å². The molecule has 0 radical (unpaired) electrons. The summed E-state index contributed by atoms with van der Waals surface area (Å²) in [4.78, 5) is 78.6. The minimum Gasteiger partial charge on any atom is -0.477 e. The Hall–Kier alpha value is -13.9. The van der Waals surface area contributed by atoms with Crippen LogP contribution in [0.15, 0.2) is 147 Å². The second-order valence-electron chi connectivity index (χ2n) is 36.7. The fourth-order valence-corrected chi connectivity index (χ4v) is 21.7. The van der Waals surface area contributed by atoms with Crippen molar-refractivity contribution in [2.24, 2.45) is 0 Å². The van der Waals surface area contributed by atoms with E-state index in [1.807, 2.05) is 11.8 Å². The van der Waals surface area contributed by atoms with Gasteiger partial charge in [0.2, 0.25) is 35.4 Å². The van der Waals surface area contributed by atoms with Crippen molar-refractivity contribution in [3.05, 3.63) is 214 Å². The monoisotopic (exact) mass is 1810 g/mol. The Bertz CT molecular complexity index is 6210. The molecule has 0 aliphatic carbocycles. The van der Waals surface area contributed by atoms with Gasteiger partial charge in [-0.05, 0) is 181 Å². The van der Waals surface area contributed by atoms with E-state index >= 15 is 0 Å². The minimum absolute atomic E-state index is 0.137. The maximum Gasteiger partial charge on any atom is 0.246 e. The zero-order valence-electron chi connectivity index (χ0n) is 78.2. The zero-order valence-corrected chi connectivity index (χ0v) is 78.2. The van der Waals surface area contributed by atoms with Gasteiger partial charge in [-0.15, -0.1) is 0 Å². The summed E-state index contributed by atoms with van der Waals surface area (Å²) in [5.41, 5.74) is 16.7. The Morgan fingerprint density at radius 1 is 0.430 bits per heavy atom. The predicted molar refractivity (Wildman–Crippen MR) is 525 cm³/mol. The summed E-state index contributed by atoms with van der Waals surface area (Å²) >= 11 is 0. The molecule has 135 heavy (non-hydrogen) atoms. The number of nitriles is 6. The zero-order chi connectivity index (χ0) is 94.3. The summed E-state index contributed by atoms with van der Waals surface area (Å²) in [5, 5.41) is 67.7. The molecule has 3 aromatic heterocycles. The van der Waals surface area contributed by atoms with Crippen LogP contribution in [0.1, 0.15) is 132 Å². The van der Waals surface area contributed by atoms with Crippen LogP contribution < -0.4 is 43.6 Å². The number of amides is 3. The highest BCUT2D eigenvalue weighted by Gasteiger charge is 2.41. The lowest BCUT2D eigenvalue weighted by Crippen LogP contribution is -2.55. The Morgan fingerprint density at radius 3 is 1.14 bits per heavy atom. The van der Waals surface area contributed by atoms with Gasteiger partial charge in [-0.3, -0.25) is 24.2 Å². The summed E-state index contributed by atoms with van der Waals surface area (Å²) in [6.07, 6.45) is 12.0. The molecule has 6 saturated heterocycles. The van der Waals surface area contributed by atoms with Gasteiger partial charge >= 0.3 is 0 Å². The first kappa shape index (κ1) is 94.3. The molecule has 6 aromatic carbocycles. The van der Waals surface area contributed by atoms with Crippen LogP contribution in [-0.4, -0.2) is 243 Å². The molecule has 1 unspecified atom stereocenters. The molecule has 18 rings (SSSR count). The molecule has 9 aliphatic rings. The second-order valence-corrected chi connectivity index (χ2v) is 36.7. The number of nitrogens with zero attached hydrogens (tertiary/aromatic N) is 21. The van der Waals surface area contributed by atoms with Crippen molar-refractivity contribution in [2.75, 3.05) is 180 Å². The summed E-state index contributed by atoms with van der Waals surface area (Å²) in [5.74, 6) is 0.484. The SMILES string of the molecule is C=CC(=O)N1CCN(c2c(C#N)c(OCCCN3CCCC3)nc3c2CCN(c2cccc4cccc(C)c24)C3)C[C@@H]1CC#N.C=CC(=O)N1CCN(c2c(C#N)c(OCCN3CCC(F)C3)nc3c2CCN(c2cccc4cccc(C)c24)C3)C[C@@H]1CC#N.C=CC(=O)N1CCN(c2c(C#N)c(O[C@H](C)CN3CCCC3)nc3c2CCN(c2cccc4cccc(C)c24)C3)C[C@@H]1CC#N. The fourth-order valence-electron chi connectivity index (χ4n) is 21.7. The van der Waals surface area contributed by atoms with E-state index in [1.54, 1.807) is 14.7 Å². The molecule has 0 N–H and O–H groups in total. The maximum atomic E-state index is 13.8. The lowest BCUT2D eigenvalue weighted by molar-refractivity contribution is -0.129. The number of benzene rings is 6. The molecular formula is C107H120FN21O6. The molecule has 5 atom stereocenters. The first-order valence-corrected chi connectivity index (χ1v) is 47.8. The van der Waals surface area contributed by atoms with Crippen LogP contribution in [0.2, 0.25) is 0 Å². The summed E-state index contributed by atoms with van der Waals surface area (Å²) in [6.45, 7) is 36.3. The number of hydrogen-bond donors (Lipinski definition) is 0. The van der Waals surface area contributed by atoms with Gasteiger partial charge in [0.1, 0.15) is 53.8 Å². The average Bonchev–Trinajstić information content (AvgIpc) is 1.47. The van der Waals surface area contributed by atoms with Crippen LogP contribution in [0, 0.1) is 88.8 Å². The van der Waals surface area contributed by atoms with Crippen molar-refractivity contribution in [1.29, 1.82) is 31.6 Å². The summed E-state index contributed by atoms with van der Waals surface area (Å²) in [6, 6.07) is 51.5. The maximum absolute atomic E-state index is 13.8. The number of carbonyl (C=O) groups excluding carboxylic acids is 3. The van der Waals surface area contributed by atoms with Crippen LogP contribution in [0.5, 0.6) is 17.6 Å². The Kier molecular flexibility index (Phi) is 30.3. The molecule has 0 bridgehead atoms. The number of piperazine rings is 3. The first-order valence-electron chi connectivity index (χ1n) is 47.8. The van der Waals surface area contributed by atoms with Gasteiger partial charge in [-0.1, -0.05) is 111 Å². The third kappa shape index (κ3) is 20.6. The topological polar surface area (TPSA) is 299 Å².